The predicted molar refractivity (Wildman–Crippen MR) is 172 cm³/mol. The Bertz CT molecular complexity index is 1360. The molecular formula is C35H44N4O7. The van der Waals surface area contributed by atoms with Gasteiger partial charge in [-0.15, -0.1) is 0 Å². The van der Waals surface area contributed by atoms with E-state index in [2.05, 4.69) is 10.5 Å². The number of unbranched alkanes of at least 4 members (excludes halogenated alkanes) is 3. The summed E-state index contributed by atoms with van der Waals surface area (Å²) in [5, 5.41) is 12.6. The van der Waals surface area contributed by atoms with Crippen molar-refractivity contribution < 1.29 is 33.9 Å². The average molecular weight is 633 g/mol. The molecule has 2 atom stereocenters. The normalized spacial score (nSPS) is 19.5. The standard InChI is InChI=1S/C35H44N4O7/c40-32(38-44)12-5-3-4-8-23-45-29-21-19-28(20-22-29)35(43)37-36-24-26-15-17-27(18-16-26)25-39-30-10-9-11-31(30)46-34(42)14-7-2-1-6-13-33(39)41/h1-2,15-22,24,30-31,44H,3-14,23,25H2,(H,37,43)(H,38,40)/b2-1+,36-24+/t30-,31-/m0/s1. The molecule has 0 unspecified atom stereocenters. The van der Waals surface area contributed by atoms with Gasteiger partial charge >= 0.3 is 5.97 Å². The minimum Gasteiger partial charge on any atom is -0.494 e. The molecule has 3 amide bonds. The molecule has 1 aliphatic heterocycles. The number of hydrazone groups is 1. The molecule has 0 saturated heterocycles. The number of hydrogen-bond donors (Lipinski definition) is 3. The smallest absolute Gasteiger partial charge is 0.306 e. The van der Waals surface area contributed by atoms with Crippen LogP contribution in [0.4, 0.5) is 0 Å². The van der Waals surface area contributed by atoms with Crippen LogP contribution in [0, 0.1) is 0 Å². The number of carbonyl (C=O) groups excluding carboxylic acids is 4. The lowest BCUT2D eigenvalue weighted by Crippen LogP contribution is -2.45. The molecule has 11 heteroatoms. The van der Waals surface area contributed by atoms with Crippen LogP contribution in [0.2, 0.25) is 0 Å². The van der Waals surface area contributed by atoms with Gasteiger partial charge in [0.1, 0.15) is 11.9 Å². The zero-order chi connectivity index (χ0) is 32.6. The number of nitrogens with one attached hydrogen (secondary N) is 2. The first-order valence-corrected chi connectivity index (χ1v) is 16.1. The summed E-state index contributed by atoms with van der Waals surface area (Å²) in [4.78, 5) is 51.0. The molecule has 11 nitrogen and oxygen atoms in total. The van der Waals surface area contributed by atoms with Gasteiger partial charge in [0.05, 0.1) is 18.9 Å². The number of rotatable bonds is 13. The van der Waals surface area contributed by atoms with Crippen LogP contribution in [-0.2, 0) is 25.7 Å². The quantitative estimate of drug-likeness (QED) is 0.0686. The van der Waals surface area contributed by atoms with Gasteiger partial charge < -0.3 is 14.4 Å². The molecule has 246 valence electrons. The summed E-state index contributed by atoms with van der Waals surface area (Å²) in [5.74, 6) is -0.203. The zero-order valence-electron chi connectivity index (χ0n) is 26.2. The van der Waals surface area contributed by atoms with Crippen molar-refractivity contribution in [2.45, 2.75) is 95.7 Å². The van der Waals surface area contributed by atoms with E-state index in [1.165, 1.54) is 0 Å². The third-order valence-corrected chi connectivity index (χ3v) is 8.15. The topological polar surface area (TPSA) is 147 Å². The Morgan fingerprint density at radius 2 is 1.70 bits per heavy atom. The van der Waals surface area contributed by atoms with E-state index in [4.69, 9.17) is 14.7 Å². The van der Waals surface area contributed by atoms with Gasteiger partial charge in [-0.1, -0.05) is 49.3 Å². The second-order valence-electron chi connectivity index (χ2n) is 11.6. The summed E-state index contributed by atoms with van der Waals surface area (Å²) in [6.45, 7) is 0.962. The molecule has 1 heterocycles. The highest BCUT2D eigenvalue weighted by Crippen LogP contribution is 2.30. The molecule has 0 radical (unpaired) electrons. The van der Waals surface area contributed by atoms with Crippen molar-refractivity contribution >= 4 is 29.9 Å². The number of ether oxygens (including phenoxy) is 2. The minimum absolute atomic E-state index is 0.0603. The fraction of sp³-hybridized carbons (Fsp3) is 0.457. The first kappa shape index (κ1) is 34.4. The average Bonchev–Trinajstić information content (AvgIpc) is 3.52. The molecule has 1 saturated carbocycles. The van der Waals surface area contributed by atoms with Gasteiger partial charge in [-0.25, -0.2) is 10.9 Å². The molecule has 4 rings (SSSR count). The van der Waals surface area contributed by atoms with E-state index in [1.54, 1.807) is 36.0 Å². The molecular weight excluding hydrogens is 588 g/mol. The second-order valence-corrected chi connectivity index (χ2v) is 11.6. The summed E-state index contributed by atoms with van der Waals surface area (Å²) in [7, 11) is 0. The van der Waals surface area contributed by atoms with Gasteiger partial charge in [0.2, 0.25) is 11.8 Å². The Labute approximate surface area is 270 Å². The lowest BCUT2D eigenvalue weighted by atomic mass is 10.1. The fourth-order valence-electron chi connectivity index (χ4n) is 5.63. The Morgan fingerprint density at radius 3 is 2.46 bits per heavy atom. The van der Waals surface area contributed by atoms with Crippen molar-refractivity contribution in [2.75, 3.05) is 6.61 Å². The van der Waals surface area contributed by atoms with Crippen molar-refractivity contribution in [3.63, 3.8) is 0 Å². The lowest BCUT2D eigenvalue weighted by Gasteiger charge is -2.33. The van der Waals surface area contributed by atoms with E-state index in [1.807, 2.05) is 41.3 Å². The van der Waals surface area contributed by atoms with Gasteiger partial charge in [-0.05, 0) is 80.3 Å². The molecule has 3 N–H and O–H groups in total. The highest BCUT2D eigenvalue weighted by atomic mass is 16.5. The van der Waals surface area contributed by atoms with Crippen LogP contribution in [-0.4, -0.2) is 58.8 Å². The number of fused-ring (bicyclic) bond motifs is 1. The van der Waals surface area contributed by atoms with E-state index >= 15 is 0 Å². The number of allylic oxidation sites excluding steroid dienone is 2. The number of benzene rings is 2. The number of carbonyl (C=O) groups is 4. The summed E-state index contributed by atoms with van der Waals surface area (Å²) in [6.07, 6.45) is 13.4. The number of amides is 3. The Hall–Kier alpha value is -4.51. The fourth-order valence-corrected chi connectivity index (χ4v) is 5.63. The summed E-state index contributed by atoms with van der Waals surface area (Å²) in [6, 6.07) is 14.4. The van der Waals surface area contributed by atoms with E-state index in [-0.39, 0.29) is 35.8 Å². The summed E-state index contributed by atoms with van der Waals surface area (Å²) < 4.78 is 11.5. The number of hydrogen-bond acceptors (Lipinski definition) is 8. The van der Waals surface area contributed by atoms with Crippen LogP contribution in [0.25, 0.3) is 0 Å². The third-order valence-electron chi connectivity index (χ3n) is 8.15. The predicted octanol–water partition coefficient (Wildman–Crippen LogP) is 5.21. The highest BCUT2D eigenvalue weighted by molar-refractivity contribution is 5.95. The minimum atomic E-state index is -0.372. The first-order valence-electron chi connectivity index (χ1n) is 16.1. The van der Waals surface area contributed by atoms with E-state index in [9.17, 15) is 19.2 Å². The van der Waals surface area contributed by atoms with Crippen molar-refractivity contribution in [3.8, 4) is 5.75 Å². The van der Waals surface area contributed by atoms with Crippen molar-refractivity contribution in [3.05, 3.63) is 77.4 Å². The Kier molecular flexibility index (Phi) is 13.8. The maximum Gasteiger partial charge on any atom is 0.306 e. The van der Waals surface area contributed by atoms with Crippen LogP contribution in [0.15, 0.2) is 65.8 Å². The van der Waals surface area contributed by atoms with Crippen molar-refractivity contribution in [2.24, 2.45) is 5.10 Å². The van der Waals surface area contributed by atoms with Gasteiger partial charge in [0.25, 0.3) is 5.91 Å². The van der Waals surface area contributed by atoms with Crippen molar-refractivity contribution in [1.82, 2.24) is 15.8 Å². The SMILES string of the molecule is O=C(CCCCCCOc1ccc(C(=O)N/N=C/c2ccc(CN3C(=O)CC/C=C/CCC(=O)O[C@H]4CCC[C@@H]43)cc2)cc1)NO. The number of hydroxylamine groups is 1. The largest absolute Gasteiger partial charge is 0.494 e. The molecule has 1 fully saturated rings. The second kappa shape index (κ2) is 18.5. The highest BCUT2D eigenvalue weighted by Gasteiger charge is 2.37. The molecule has 1 aliphatic carbocycles. The zero-order valence-corrected chi connectivity index (χ0v) is 26.2. The van der Waals surface area contributed by atoms with Gasteiger partial charge in [0.15, 0.2) is 0 Å². The monoisotopic (exact) mass is 632 g/mol. The van der Waals surface area contributed by atoms with Gasteiger partial charge in [-0.3, -0.25) is 24.4 Å². The van der Waals surface area contributed by atoms with E-state index in [0.717, 1.165) is 49.7 Å². The first-order chi connectivity index (χ1) is 22.4. The molecule has 46 heavy (non-hydrogen) atoms. The van der Waals surface area contributed by atoms with Crippen LogP contribution in [0.5, 0.6) is 5.75 Å². The Balaban J connectivity index is 1.23. The van der Waals surface area contributed by atoms with Gasteiger partial charge in [0, 0.05) is 31.4 Å². The van der Waals surface area contributed by atoms with Crippen LogP contribution in [0.3, 0.4) is 0 Å². The third kappa shape index (κ3) is 11.1. The summed E-state index contributed by atoms with van der Waals surface area (Å²) >= 11 is 0. The van der Waals surface area contributed by atoms with Crippen LogP contribution in [0.1, 0.15) is 98.5 Å². The molecule has 0 bridgehead atoms. The van der Waals surface area contributed by atoms with Crippen LogP contribution >= 0.6 is 0 Å². The molecule has 0 aromatic heterocycles. The van der Waals surface area contributed by atoms with Gasteiger partial charge in [-0.2, -0.15) is 5.10 Å². The summed E-state index contributed by atoms with van der Waals surface area (Å²) in [5.41, 5.74) is 6.38. The van der Waals surface area contributed by atoms with E-state index in [0.29, 0.717) is 63.0 Å². The molecule has 2 aromatic rings. The molecule has 0 spiro atoms. The van der Waals surface area contributed by atoms with E-state index < -0.39 is 0 Å². The Morgan fingerprint density at radius 1 is 0.957 bits per heavy atom. The molecule has 2 aliphatic rings. The maximum atomic E-state index is 13.2. The van der Waals surface area contributed by atoms with Crippen LogP contribution < -0.4 is 15.6 Å². The van der Waals surface area contributed by atoms with Crippen molar-refractivity contribution in [1.29, 1.82) is 0 Å². The number of nitrogens with zero attached hydrogens (tertiary/aromatic N) is 2. The molecule has 2 aromatic carbocycles. The lowest BCUT2D eigenvalue weighted by molar-refractivity contribution is -0.154. The maximum absolute atomic E-state index is 13.2. The number of esters is 1.